The minimum Gasteiger partial charge on any atom is -0.381 e. The average Bonchev–Trinajstić information content (AvgIpc) is 3.26. The largest absolute Gasteiger partial charge is 0.381 e. The number of carbonyl (C=O) groups excluding carboxylic acids is 1. The molecule has 162 valence electrons. The molecule has 0 bridgehead atoms. The van der Waals surface area contributed by atoms with E-state index in [0.717, 1.165) is 19.3 Å². The Morgan fingerprint density at radius 2 is 1.97 bits per heavy atom. The Morgan fingerprint density at radius 1 is 1.27 bits per heavy atom. The standard InChI is InChI=1S/C20H24FN3O5S/c1-24-18(14-2-4-15(21)5-3-14)12-17(22-24)19(25)23-30(26,27)13-16-6-7-20(29-16)8-10-28-11-9-20/h2-5,12,16H,6-11,13H2,1H3,(H,23,25). The fraction of sp³-hybridized carbons (Fsp3) is 0.500. The Balaban J connectivity index is 1.41. The number of aromatic nitrogens is 2. The van der Waals surface area contributed by atoms with Crippen LogP contribution in [0.1, 0.15) is 36.2 Å². The first kappa shape index (κ1) is 21.0. The number of aryl methyl sites for hydroxylation is 1. The van der Waals surface area contributed by atoms with E-state index in [0.29, 0.717) is 30.9 Å². The van der Waals surface area contributed by atoms with E-state index in [4.69, 9.17) is 9.47 Å². The predicted octanol–water partition coefficient (Wildman–Crippen LogP) is 2.01. The minimum atomic E-state index is -3.90. The number of sulfonamides is 1. The van der Waals surface area contributed by atoms with Crippen molar-refractivity contribution in [1.29, 1.82) is 0 Å². The molecule has 2 fully saturated rings. The molecule has 3 heterocycles. The van der Waals surface area contributed by atoms with Crippen molar-refractivity contribution in [3.05, 3.63) is 41.8 Å². The summed E-state index contributed by atoms with van der Waals surface area (Å²) >= 11 is 0. The van der Waals surface area contributed by atoms with Gasteiger partial charge in [-0.15, -0.1) is 0 Å². The highest BCUT2D eigenvalue weighted by Crippen LogP contribution is 2.38. The zero-order chi connectivity index (χ0) is 21.4. The van der Waals surface area contributed by atoms with E-state index in [1.165, 1.54) is 22.9 Å². The van der Waals surface area contributed by atoms with Crippen LogP contribution in [-0.2, 0) is 26.5 Å². The van der Waals surface area contributed by atoms with E-state index in [1.54, 1.807) is 19.2 Å². The van der Waals surface area contributed by atoms with Gasteiger partial charge in [0.25, 0.3) is 5.91 Å². The maximum absolute atomic E-state index is 13.1. The molecular weight excluding hydrogens is 413 g/mol. The second kappa shape index (κ2) is 8.09. The lowest BCUT2D eigenvalue weighted by Gasteiger charge is -2.33. The van der Waals surface area contributed by atoms with Gasteiger partial charge in [0.2, 0.25) is 10.0 Å². The number of benzene rings is 1. The van der Waals surface area contributed by atoms with Gasteiger partial charge in [0.05, 0.1) is 23.2 Å². The number of hydrogen-bond acceptors (Lipinski definition) is 6. The van der Waals surface area contributed by atoms with Crippen LogP contribution in [0, 0.1) is 5.82 Å². The zero-order valence-corrected chi connectivity index (χ0v) is 17.5. The number of halogens is 1. The van der Waals surface area contributed by atoms with E-state index in [9.17, 15) is 17.6 Å². The van der Waals surface area contributed by atoms with Crippen LogP contribution in [0.3, 0.4) is 0 Å². The number of hydrogen-bond donors (Lipinski definition) is 1. The molecule has 1 atom stereocenters. The molecule has 0 radical (unpaired) electrons. The fourth-order valence-electron chi connectivity index (χ4n) is 4.07. The van der Waals surface area contributed by atoms with Gasteiger partial charge in [-0.2, -0.15) is 5.10 Å². The maximum Gasteiger partial charge on any atom is 0.285 e. The topological polar surface area (TPSA) is 99.5 Å². The third-order valence-corrected chi connectivity index (χ3v) is 6.96. The van der Waals surface area contributed by atoms with E-state index in [1.807, 2.05) is 0 Å². The third-order valence-electron chi connectivity index (χ3n) is 5.65. The maximum atomic E-state index is 13.1. The number of ether oxygens (including phenoxy) is 2. The molecule has 1 aromatic carbocycles. The lowest BCUT2D eigenvalue weighted by Crippen LogP contribution is -2.39. The average molecular weight is 437 g/mol. The molecule has 2 aliphatic rings. The van der Waals surface area contributed by atoms with Crippen molar-refractivity contribution in [3.8, 4) is 11.3 Å². The molecule has 4 rings (SSSR count). The van der Waals surface area contributed by atoms with Crippen molar-refractivity contribution in [3.63, 3.8) is 0 Å². The van der Waals surface area contributed by atoms with Gasteiger partial charge in [0.1, 0.15) is 5.82 Å². The van der Waals surface area contributed by atoms with Crippen LogP contribution in [0.25, 0.3) is 11.3 Å². The quantitative estimate of drug-likeness (QED) is 0.768. The second-order valence-electron chi connectivity index (χ2n) is 7.83. The summed E-state index contributed by atoms with van der Waals surface area (Å²) in [7, 11) is -2.27. The van der Waals surface area contributed by atoms with Gasteiger partial charge < -0.3 is 9.47 Å². The van der Waals surface area contributed by atoms with Crippen LogP contribution in [0.15, 0.2) is 30.3 Å². The number of carbonyl (C=O) groups is 1. The van der Waals surface area contributed by atoms with Crippen molar-refractivity contribution in [2.45, 2.75) is 37.4 Å². The first-order valence-corrected chi connectivity index (χ1v) is 11.5. The van der Waals surface area contributed by atoms with E-state index < -0.39 is 22.0 Å². The number of nitrogens with one attached hydrogen (secondary N) is 1. The van der Waals surface area contributed by atoms with Crippen LogP contribution in [0.4, 0.5) is 4.39 Å². The summed E-state index contributed by atoms with van der Waals surface area (Å²) in [5.41, 5.74) is 0.897. The highest BCUT2D eigenvalue weighted by molar-refractivity contribution is 7.90. The number of nitrogens with zero attached hydrogens (tertiary/aromatic N) is 2. The lowest BCUT2D eigenvalue weighted by atomic mass is 9.91. The van der Waals surface area contributed by atoms with E-state index in [2.05, 4.69) is 9.82 Å². The van der Waals surface area contributed by atoms with Crippen LogP contribution >= 0.6 is 0 Å². The highest BCUT2D eigenvalue weighted by Gasteiger charge is 2.42. The molecule has 2 aromatic rings. The first-order valence-electron chi connectivity index (χ1n) is 9.86. The van der Waals surface area contributed by atoms with Gasteiger partial charge in [0.15, 0.2) is 5.69 Å². The molecule has 30 heavy (non-hydrogen) atoms. The first-order chi connectivity index (χ1) is 14.3. The van der Waals surface area contributed by atoms with Crippen molar-refractivity contribution in [2.24, 2.45) is 7.05 Å². The fourth-order valence-corrected chi connectivity index (χ4v) is 5.27. The summed E-state index contributed by atoms with van der Waals surface area (Å²) in [6, 6.07) is 7.21. The van der Waals surface area contributed by atoms with Crippen LogP contribution in [0.2, 0.25) is 0 Å². The smallest absolute Gasteiger partial charge is 0.285 e. The Labute approximate surface area is 174 Å². The molecule has 1 spiro atoms. The molecule has 1 N–H and O–H groups in total. The molecule has 2 saturated heterocycles. The van der Waals surface area contributed by atoms with Gasteiger partial charge in [0, 0.05) is 20.3 Å². The summed E-state index contributed by atoms with van der Waals surface area (Å²) in [5.74, 6) is -1.46. The zero-order valence-electron chi connectivity index (χ0n) is 16.6. The molecule has 1 unspecified atom stereocenters. The molecule has 0 saturated carbocycles. The van der Waals surface area contributed by atoms with E-state index in [-0.39, 0.29) is 22.9 Å². The Kier molecular flexibility index (Phi) is 5.65. The van der Waals surface area contributed by atoms with Crippen molar-refractivity contribution in [1.82, 2.24) is 14.5 Å². The SMILES string of the molecule is Cn1nc(C(=O)NS(=O)(=O)CC2CCC3(CCOCC3)O2)cc1-c1ccc(F)cc1. The number of rotatable bonds is 5. The minimum absolute atomic E-state index is 0.0337. The normalized spacial score (nSPS) is 21.1. The van der Waals surface area contributed by atoms with Gasteiger partial charge in [-0.05, 0) is 61.6 Å². The Bertz CT molecular complexity index is 1030. The predicted molar refractivity (Wildman–Crippen MR) is 107 cm³/mol. The monoisotopic (exact) mass is 437 g/mol. The second-order valence-corrected chi connectivity index (χ2v) is 9.60. The van der Waals surface area contributed by atoms with Crippen LogP contribution in [0.5, 0.6) is 0 Å². The molecular formula is C20H24FN3O5S. The van der Waals surface area contributed by atoms with E-state index >= 15 is 0 Å². The summed E-state index contributed by atoms with van der Waals surface area (Å²) in [4.78, 5) is 12.5. The molecule has 10 heteroatoms. The summed E-state index contributed by atoms with van der Waals surface area (Å²) < 4.78 is 53.1. The summed E-state index contributed by atoms with van der Waals surface area (Å²) in [6.07, 6.45) is 2.50. The lowest BCUT2D eigenvalue weighted by molar-refractivity contribution is -0.0979. The van der Waals surface area contributed by atoms with Crippen molar-refractivity contribution in [2.75, 3.05) is 19.0 Å². The molecule has 1 aromatic heterocycles. The van der Waals surface area contributed by atoms with Crippen LogP contribution < -0.4 is 4.72 Å². The Hall–Kier alpha value is -2.30. The molecule has 1 amide bonds. The van der Waals surface area contributed by atoms with Gasteiger partial charge in [-0.3, -0.25) is 9.48 Å². The molecule has 8 nitrogen and oxygen atoms in total. The van der Waals surface area contributed by atoms with Crippen molar-refractivity contribution >= 4 is 15.9 Å². The highest BCUT2D eigenvalue weighted by atomic mass is 32.2. The molecule has 2 aliphatic heterocycles. The van der Waals surface area contributed by atoms with Gasteiger partial charge in [-0.1, -0.05) is 0 Å². The summed E-state index contributed by atoms with van der Waals surface area (Å²) in [6.45, 7) is 1.23. The third kappa shape index (κ3) is 4.55. The summed E-state index contributed by atoms with van der Waals surface area (Å²) in [5, 5.41) is 4.09. The molecule has 0 aliphatic carbocycles. The van der Waals surface area contributed by atoms with Crippen LogP contribution in [-0.4, -0.2) is 54.8 Å². The Morgan fingerprint density at radius 3 is 2.67 bits per heavy atom. The van der Waals surface area contributed by atoms with Gasteiger partial charge >= 0.3 is 0 Å². The van der Waals surface area contributed by atoms with Gasteiger partial charge in [-0.25, -0.2) is 17.5 Å². The number of amides is 1. The van der Waals surface area contributed by atoms with Crippen molar-refractivity contribution < 1.29 is 27.1 Å².